The Hall–Kier alpha value is -2.66. The van der Waals surface area contributed by atoms with Crippen LogP contribution < -0.4 is 10.6 Å². The summed E-state index contributed by atoms with van der Waals surface area (Å²) in [4.78, 5) is 21.9. The van der Waals surface area contributed by atoms with Gasteiger partial charge >= 0.3 is 0 Å². The normalized spacial score (nSPS) is 17.4. The number of carbonyl (C=O) groups is 1. The molecule has 1 aliphatic heterocycles. The topological polar surface area (TPSA) is 102 Å². The first-order chi connectivity index (χ1) is 14.1. The first-order valence-corrected chi connectivity index (χ1v) is 11.0. The van der Waals surface area contributed by atoms with Crippen molar-refractivity contribution in [3.05, 3.63) is 35.1 Å². The highest BCUT2D eigenvalue weighted by Crippen LogP contribution is 2.29. The maximum atomic E-state index is 12.4. The number of carbonyl (C=O) groups excluding carboxylic acids is 1. The van der Waals surface area contributed by atoms with Crippen molar-refractivity contribution in [2.75, 3.05) is 23.4 Å². The molecule has 0 spiro atoms. The van der Waals surface area contributed by atoms with E-state index in [4.69, 9.17) is 9.97 Å². The monoisotopic (exact) mass is 472 g/mol. The summed E-state index contributed by atoms with van der Waals surface area (Å²) in [7, 11) is 1.85. The van der Waals surface area contributed by atoms with Crippen LogP contribution in [0.15, 0.2) is 35.1 Å². The zero-order chi connectivity index (χ0) is 20.0. The molecule has 29 heavy (non-hydrogen) atoms. The molecule has 0 unspecified atom stereocenters. The van der Waals surface area contributed by atoms with Gasteiger partial charge in [0.2, 0.25) is 11.9 Å². The van der Waals surface area contributed by atoms with E-state index < -0.39 is 6.04 Å². The predicted octanol–water partition coefficient (Wildman–Crippen LogP) is 2.08. The average molecular weight is 473 g/mol. The Morgan fingerprint density at radius 3 is 3.07 bits per heavy atom. The van der Waals surface area contributed by atoms with Crippen LogP contribution >= 0.6 is 27.7 Å². The van der Waals surface area contributed by atoms with Gasteiger partial charge in [-0.3, -0.25) is 9.48 Å². The molecule has 1 atom stereocenters. The second-order valence-electron chi connectivity index (χ2n) is 6.71. The molecule has 5 rings (SSSR count). The Kier molecular flexibility index (Phi) is 4.63. The smallest absolute Gasteiger partial charge is 0.243 e. The molecule has 9 nitrogen and oxygen atoms in total. The third kappa shape index (κ3) is 3.33. The van der Waals surface area contributed by atoms with Gasteiger partial charge in [-0.25, -0.2) is 9.97 Å². The van der Waals surface area contributed by atoms with Gasteiger partial charge in [-0.15, -0.1) is 5.10 Å². The Morgan fingerprint density at radius 1 is 1.34 bits per heavy atom. The molecular formula is C18H17BrN8OS. The molecule has 0 aliphatic carbocycles. The van der Waals surface area contributed by atoms with Gasteiger partial charge in [-0.1, -0.05) is 6.07 Å². The van der Waals surface area contributed by atoms with Crippen molar-refractivity contribution in [3.8, 4) is 11.4 Å². The summed E-state index contributed by atoms with van der Waals surface area (Å²) in [5.74, 6) is 2.54. The van der Waals surface area contributed by atoms with Gasteiger partial charge in [-0.05, 0) is 28.1 Å². The molecule has 0 bridgehead atoms. The number of hydrogen-bond donors (Lipinski definition) is 2. The van der Waals surface area contributed by atoms with E-state index in [1.54, 1.807) is 27.2 Å². The lowest BCUT2D eigenvalue weighted by Gasteiger charge is -2.16. The minimum absolute atomic E-state index is 0.0372. The summed E-state index contributed by atoms with van der Waals surface area (Å²) in [5.41, 5.74) is 2.24. The van der Waals surface area contributed by atoms with Crippen LogP contribution in [0.4, 0.5) is 5.95 Å². The number of thioether (sulfide) groups is 1. The van der Waals surface area contributed by atoms with Crippen LogP contribution in [-0.4, -0.2) is 59.4 Å². The Labute approximate surface area is 178 Å². The molecule has 1 aliphatic rings. The second kappa shape index (κ2) is 7.30. The van der Waals surface area contributed by atoms with Crippen molar-refractivity contribution in [3.63, 3.8) is 0 Å². The number of hydrogen-bond acceptors (Lipinski definition) is 7. The minimum atomic E-state index is -0.399. The molecule has 4 heterocycles. The Morgan fingerprint density at radius 2 is 2.24 bits per heavy atom. The van der Waals surface area contributed by atoms with Crippen LogP contribution in [0.1, 0.15) is 0 Å². The molecule has 3 aromatic heterocycles. The van der Waals surface area contributed by atoms with Crippen molar-refractivity contribution in [1.82, 2.24) is 34.7 Å². The lowest BCUT2D eigenvalue weighted by Crippen LogP contribution is -2.40. The van der Waals surface area contributed by atoms with Crippen LogP contribution in [-0.2, 0) is 11.8 Å². The number of amides is 1. The zero-order valence-electron chi connectivity index (χ0n) is 15.5. The summed E-state index contributed by atoms with van der Waals surface area (Å²) >= 11 is 5.30. The molecule has 0 saturated carbocycles. The zero-order valence-corrected chi connectivity index (χ0v) is 17.9. The van der Waals surface area contributed by atoms with Crippen molar-refractivity contribution in [1.29, 1.82) is 0 Å². The van der Waals surface area contributed by atoms with Gasteiger partial charge in [0.25, 0.3) is 0 Å². The molecule has 1 amide bonds. The third-order valence-electron chi connectivity index (χ3n) is 4.67. The van der Waals surface area contributed by atoms with Gasteiger partial charge in [0, 0.05) is 41.2 Å². The number of para-hydroxylation sites is 1. The number of fused-ring (bicyclic) bond motifs is 3. The fraction of sp³-hybridized carbons (Fsp3) is 0.278. The Balaban J connectivity index is 1.69. The molecule has 0 radical (unpaired) electrons. The summed E-state index contributed by atoms with van der Waals surface area (Å²) in [6.45, 7) is 0.669. The highest BCUT2D eigenvalue weighted by Gasteiger charge is 2.24. The van der Waals surface area contributed by atoms with E-state index in [1.165, 1.54) is 0 Å². The van der Waals surface area contributed by atoms with Gasteiger partial charge in [0.05, 0.1) is 17.3 Å². The number of anilines is 1. The quantitative estimate of drug-likeness (QED) is 0.470. The molecule has 1 aromatic carbocycles. The van der Waals surface area contributed by atoms with E-state index in [0.29, 0.717) is 29.7 Å². The van der Waals surface area contributed by atoms with Crippen molar-refractivity contribution < 1.29 is 4.79 Å². The molecule has 11 heteroatoms. The van der Waals surface area contributed by atoms with E-state index in [-0.39, 0.29) is 5.91 Å². The lowest BCUT2D eigenvalue weighted by molar-refractivity contribution is -0.121. The number of aryl methyl sites for hydroxylation is 1. The first-order valence-electron chi connectivity index (χ1n) is 9.06. The molecule has 148 valence electrons. The Bertz CT molecular complexity index is 1240. The summed E-state index contributed by atoms with van der Waals surface area (Å²) < 4.78 is 4.23. The maximum Gasteiger partial charge on any atom is 0.243 e. The molecule has 2 N–H and O–H groups in total. The molecule has 1 saturated heterocycles. The second-order valence-corrected chi connectivity index (χ2v) is 8.71. The SMILES string of the molecule is Cn1cc(-c2nc3c4cccc(Br)c4nc(N[C@H]4CSCCNC4=O)n3n2)cn1. The summed E-state index contributed by atoms with van der Waals surface area (Å²) in [5, 5.41) is 15.9. The van der Waals surface area contributed by atoms with Crippen LogP contribution in [0.5, 0.6) is 0 Å². The number of nitrogens with one attached hydrogen (secondary N) is 2. The summed E-state index contributed by atoms with van der Waals surface area (Å²) in [6, 6.07) is 5.43. The fourth-order valence-electron chi connectivity index (χ4n) is 3.26. The van der Waals surface area contributed by atoms with E-state index in [1.807, 2.05) is 31.4 Å². The standard InChI is InChI=1S/C18H17BrN8OS/c1-26-8-10(7-21-26)15-24-16-11-3-2-4-12(19)14(11)23-18(27(16)25-15)22-13-9-29-6-5-20-17(13)28/h2-4,7-8,13H,5-6,9H2,1H3,(H,20,28)(H,22,23)/t13-/m0/s1. The predicted molar refractivity (Wildman–Crippen MR) is 116 cm³/mol. The third-order valence-corrected chi connectivity index (χ3v) is 6.37. The highest BCUT2D eigenvalue weighted by molar-refractivity contribution is 9.10. The van der Waals surface area contributed by atoms with Crippen molar-refractivity contribution in [2.24, 2.45) is 7.05 Å². The highest BCUT2D eigenvalue weighted by atomic mass is 79.9. The number of rotatable bonds is 3. The number of aromatic nitrogens is 6. The van der Waals surface area contributed by atoms with E-state index in [9.17, 15) is 4.79 Å². The minimum Gasteiger partial charge on any atom is -0.353 e. The molecule has 1 fully saturated rings. The van der Waals surface area contributed by atoms with Gasteiger partial charge in [0.1, 0.15) is 6.04 Å². The largest absolute Gasteiger partial charge is 0.353 e. The van der Waals surface area contributed by atoms with Gasteiger partial charge in [0.15, 0.2) is 11.5 Å². The van der Waals surface area contributed by atoms with Crippen LogP contribution in [0, 0.1) is 0 Å². The van der Waals surface area contributed by atoms with Crippen LogP contribution in [0.25, 0.3) is 27.9 Å². The van der Waals surface area contributed by atoms with E-state index in [0.717, 1.165) is 26.7 Å². The van der Waals surface area contributed by atoms with Crippen molar-refractivity contribution >= 4 is 56.1 Å². The summed E-state index contributed by atoms with van der Waals surface area (Å²) in [6.07, 6.45) is 3.59. The lowest BCUT2D eigenvalue weighted by atomic mass is 10.2. The molecule has 4 aromatic rings. The first kappa shape index (κ1) is 18.4. The van der Waals surface area contributed by atoms with E-state index in [2.05, 4.69) is 36.8 Å². The van der Waals surface area contributed by atoms with Crippen molar-refractivity contribution in [2.45, 2.75) is 6.04 Å². The number of halogens is 1. The van der Waals surface area contributed by atoms with E-state index >= 15 is 0 Å². The van der Waals surface area contributed by atoms with Gasteiger partial charge in [-0.2, -0.15) is 21.4 Å². The fourth-order valence-corrected chi connectivity index (χ4v) is 4.60. The van der Waals surface area contributed by atoms with Crippen LogP contribution in [0.2, 0.25) is 0 Å². The number of nitrogens with zero attached hydrogens (tertiary/aromatic N) is 6. The molecular weight excluding hydrogens is 456 g/mol. The maximum absolute atomic E-state index is 12.4. The van der Waals surface area contributed by atoms with Gasteiger partial charge < -0.3 is 10.6 Å². The van der Waals surface area contributed by atoms with Crippen LogP contribution in [0.3, 0.4) is 0 Å². The average Bonchev–Trinajstić information content (AvgIpc) is 3.29. The number of benzene rings is 1.